The van der Waals surface area contributed by atoms with Crippen molar-refractivity contribution in [3.8, 4) is 0 Å². The number of benzene rings is 2. The van der Waals surface area contributed by atoms with Crippen molar-refractivity contribution < 1.29 is 14.3 Å². The van der Waals surface area contributed by atoms with E-state index in [1.807, 2.05) is 24.3 Å². The Labute approximate surface area is 126 Å². The second-order valence-corrected chi connectivity index (χ2v) is 4.87. The Bertz CT molecular complexity index is 791. The fourth-order valence-electron chi connectivity index (χ4n) is 2.27. The highest BCUT2D eigenvalue weighted by Crippen LogP contribution is 2.20. The first-order valence-electron chi connectivity index (χ1n) is 6.78. The van der Waals surface area contributed by atoms with Gasteiger partial charge in [-0.25, -0.2) is 4.79 Å². The number of ether oxygens (including phenoxy) is 1. The maximum absolute atomic E-state index is 12.2. The highest BCUT2D eigenvalue weighted by molar-refractivity contribution is 5.96. The van der Waals surface area contributed by atoms with Crippen LogP contribution in [0.3, 0.4) is 0 Å². The van der Waals surface area contributed by atoms with Crippen LogP contribution in [0.2, 0.25) is 0 Å². The molecule has 110 valence electrons. The second kappa shape index (κ2) is 5.73. The van der Waals surface area contributed by atoms with E-state index >= 15 is 0 Å². The third-order valence-corrected chi connectivity index (χ3v) is 3.34. The van der Waals surface area contributed by atoms with E-state index < -0.39 is 18.0 Å². The molecule has 1 heterocycles. The molecule has 0 radical (unpaired) electrons. The summed E-state index contributed by atoms with van der Waals surface area (Å²) in [4.78, 5) is 26.8. The lowest BCUT2D eigenvalue weighted by Crippen LogP contribution is -2.26. The Hall–Kier alpha value is -3.08. The molecule has 5 heteroatoms. The topological polar surface area (TPSA) is 85.2 Å². The summed E-state index contributed by atoms with van der Waals surface area (Å²) in [6.07, 6.45) is -1.11. The number of aromatic amines is 1. The van der Waals surface area contributed by atoms with E-state index in [9.17, 15) is 9.59 Å². The molecule has 3 N–H and O–H groups in total. The Morgan fingerprint density at radius 1 is 1.00 bits per heavy atom. The highest BCUT2D eigenvalue weighted by atomic mass is 16.5. The van der Waals surface area contributed by atoms with Crippen molar-refractivity contribution in [2.75, 3.05) is 0 Å². The molecule has 5 nitrogen and oxygen atoms in total. The SMILES string of the molecule is NC(=O)[C@@H](OC(=O)c1cc2ccccc2[nH]1)c1ccccc1. The van der Waals surface area contributed by atoms with E-state index in [4.69, 9.17) is 10.5 Å². The normalized spacial score (nSPS) is 12.0. The van der Waals surface area contributed by atoms with Crippen molar-refractivity contribution >= 4 is 22.8 Å². The van der Waals surface area contributed by atoms with E-state index in [2.05, 4.69) is 4.98 Å². The number of fused-ring (bicyclic) bond motifs is 1. The molecule has 0 spiro atoms. The number of carbonyl (C=O) groups excluding carboxylic acids is 2. The Morgan fingerprint density at radius 2 is 1.68 bits per heavy atom. The van der Waals surface area contributed by atoms with Gasteiger partial charge in [0.05, 0.1) is 0 Å². The van der Waals surface area contributed by atoms with E-state index in [1.165, 1.54) is 0 Å². The lowest BCUT2D eigenvalue weighted by molar-refractivity contribution is -0.127. The third kappa shape index (κ3) is 2.69. The molecule has 0 aliphatic rings. The first kappa shape index (κ1) is 13.9. The number of aromatic nitrogens is 1. The van der Waals surface area contributed by atoms with Crippen LogP contribution in [0.1, 0.15) is 22.2 Å². The fourth-order valence-corrected chi connectivity index (χ4v) is 2.27. The number of H-pyrrole nitrogens is 1. The molecule has 22 heavy (non-hydrogen) atoms. The Kier molecular flexibility index (Phi) is 3.62. The standard InChI is InChI=1S/C17H14N2O3/c18-16(20)15(11-6-2-1-3-7-11)22-17(21)14-10-12-8-4-5-9-13(12)19-14/h1-10,15,19H,(H2,18,20)/t15-/m0/s1. The maximum Gasteiger partial charge on any atom is 0.355 e. The summed E-state index contributed by atoms with van der Waals surface area (Å²) in [5.74, 6) is -1.33. The number of amides is 1. The zero-order chi connectivity index (χ0) is 15.5. The van der Waals surface area contributed by atoms with Crippen LogP contribution in [0, 0.1) is 0 Å². The average Bonchev–Trinajstić information content (AvgIpc) is 2.97. The lowest BCUT2D eigenvalue weighted by atomic mass is 10.1. The summed E-state index contributed by atoms with van der Waals surface area (Å²) in [5, 5.41) is 0.893. The van der Waals surface area contributed by atoms with Gasteiger partial charge in [-0.2, -0.15) is 0 Å². The summed E-state index contributed by atoms with van der Waals surface area (Å²) in [5.41, 5.74) is 6.99. The van der Waals surface area contributed by atoms with Gasteiger partial charge in [0.15, 0.2) is 0 Å². The van der Waals surface area contributed by atoms with Crippen LogP contribution in [0.25, 0.3) is 10.9 Å². The molecule has 1 amide bonds. The van der Waals surface area contributed by atoms with Gasteiger partial charge in [0.25, 0.3) is 5.91 Å². The van der Waals surface area contributed by atoms with Gasteiger partial charge >= 0.3 is 5.97 Å². The molecule has 3 aromatic rings. The first-order chi connectivity index (χ1) is 10.6. The third-order valence-electron chi connectivity index (χ3n) is 3.34. The average molecular weight is 294 g/mol. The van der Waals surface area contributed by atoms with Crippen LogP contribution >= 0.6 is 0 Å². The quantitative estimate of drug-likeness (QED) is 0.725. The second-order valence-electron chi connectivity index (χ2n) is 4.87. The molecule has 0 unspecified atom stereocenters. The van der Waals surface area contributed by atoms with Crippen molar-refractivity contribution in [1.29, 1.82) is 0 Å². The number of rotatable bonds is 4. The van der Waals surface area contributed by atoms with Crippen LogP contribution in [-0.2, 0) is 9.53 Å². The van der Waals surface area contributed by atoms with Crippen LogP contribution in [-0.4, -0.2) is 16.9 Å². The minimum Gasteiger partial charge on any atom is -0.443 e. The first-order valence-corrected chi connectivity index (χ1v) is 6.78. The van der Waals surface area contributed by atoms with Crippen molar-refractivity contribution in [3.05, 3.63) is 71.9 Å². The summed E-state index contributed by atoms with van der Waals surface area (Å²) >= 11 is 0. The number of hydrogen-bond donors (Lipinski definition) is 2. The summed E-state index contributed by atoms with van der Waals surface area (Å²) < 4.78 is 5.27. The molecular formula is C17H14N2O3. The molecule has 0 saturated heterocycles. The minimum absolute atomic E-state index is 0.281. The Morgan fingerprint density at radius 3 is 2.36 bits per heavy atom. The van der Waals surface area contributed by atoms with Gasteiger partial charge < -0.3 is 15.5 Å². The molecule has 0 aliphatic carbocycles. The van der Waals surface area contributed by atoms with Crippen molar-refractivity contribution in [2.45, 2.75) is 6.10 Å². The van der Waals surface area contributed by atoms with E-state index in [0.29, 0.717) is 5.56 Å². The molecule has 1 atom stereocenters. The largest absolute Gasteiger partial charge is 0.443 e. The smallest absolute Gasteiger partial charge is 0.355 e. The van der Waals surface area contributed by atoms with Gasteiger partial charge in [-0.3, -0.25) is 4.79 Å². The molecule has 2 aromatic carbocycles. The highest BCUT2D eigenvalue weighted by Gasteiger charge is 2.24. The zero-order valence-corrected chi connectivity index (χ0v) is 11.7. The predicted molar refractivity (Wildman–Crippen MR) is 82.1 cm³/mol. The molecule has 0 bridgehead atoms. The van der Waals surface area contributed by atoms with Gasteiger partial charge in [0, 0.05) is 16.5 Å². The molecule has 0 saturated carbocycles. The van der Waals surface area contributed by atoms with Gasteiger partial charge in [0.2, 0.25) is 6.10 Å². The van der Waals surface area contributed by atoms with Crippen molar-refractivity contribution in [1.82, 2.24) is 4.98 Å². The van der Waals surface area contributed by atoms with Gasteiger partial charge in [-0.05, 0) is 12.1 Å². The molecule has 1 aromatic heterocycles. The minimum atomic E-state index is -1.11. The number of para-hydroxylation sites is 1. The fraction of sp³-hybridized carbons (Fsp3) is 0.0588. The maximum atomic E-state index is 12.2. The number of nitrogens with two attached hydrogens (primary N) is 1. The molecule has 0 aliphatic heterocycles. The summed E-state index contributed by atoms with van der Waals surface area (Å²) in [6.45, 7) is 0. The molecular weight excluding hydrogens is 280 g/mol. The summed E-state index contributed by atoms with van der Waals surface area (Å²) in [7, 11) is 0. The summed E-state index contributed by atoms with van der Waals surface area (Å²) in [6, 6.07) is 17.8. The van der Waals surface area contributed by atoms with E-state index in [-0.39, 0.29) is 5.69 Å². The van der Waals surface area contributed by atoms with Gasteiger partial charge in [0.1, 0.15) is 5.69 Å². The number of primary amides is 1. The van der Waals surface area contributed by atoms with Crippen LogP contribution in [0.15, 0.2) is 60.7 Å². The zero-order valence-electron chi connectivity index (χ0n) is 11.7. The van der Waals surface area contributed by atoms with Crippen LogP contribution in [0.4, 0.5) is 0 Å². The van der Waals surface area contributed by atoms with Crippen molar-refractivity contribution in [3.63, 3.8) is 0 Å². The predicted octanol–water partition coefficient (Wildman–Crippen LogP) is 2.55. The molecule has 3 rings (SSSR count). The van der Waals surface area contributed by atoms with Crippen LogP contribution in [0.5, 0.6) is 0 Å². The van der Waals surface area contributed by atoms with Crippen molar-refractivity contribution in [2.24, 2.45) is 5.73 Å². The number of esters is 1. The van der Waals surface area contributed by atoms with Crippen LogP contribution < -0.4 is 5.73 Å². The van der Waals surface area contributed by atoms with E-state index in [1.54, 1.807) is 36.4 Å². The van der Waals surface area contributed by atoms with E-state index in [0.717, 1.165) is 10.9 Å². The number of nitrogens with one attached hydrogen (secondary N) is 1. The molecule has 0 fully saturated rings. The Balaban J connectivity index is 1.86. The monoisotopic (exact) mass is 294 g/mol. The number of hydrogen-bond acceptors (Lipinski definition) is 3. The van der Waals surface area contributed by atoms with Gasteiger partial charge in [-0.15, -0.1) is 0 Å². The number of carbonyl (C=O) groups is 2. The lowest BCUT2D eigenvalue weighted by Gasteiger charge is -2.14. The van der Waals surface area contributed by atoms with Gasteiger partial charge in [-0.1, -0.05) is 48.5 Å².